The number of benzene rings is 3. The number of nitrogens with one attached hydrogen (secondary N) is 3. The monoisotopic (exact) mass is 364 g/mol. The summed E-state index contributed by atoms with van der Waals surface area (Å²) in [6, 6.07) is 22.3. The smallest absolute Gasteiger partial charge is 0.252 e. The molecule has 0 unspecified atom stereocenters. The van der Waals surface area contributed by atoms with Crippen molar-refractivity contribution in [1.82, 2.24) is 20.3 Å². The average Bonchev–Trinajstić information content (AvgIpc) is 3.43. The molecule has 3 aromatic carbocycles. The largest absolute Gasteiger partial charge is 0.355 e. The van der Waals surface area contributed by atoms with Crippen LogP contribution in [0.3, 0.4) is 0 Å². The summed E-state index contributed by atoms with van der Waals surface area (Å²) in [4.78, 5) is 24.1. The summed E-state index contributed by atoms with van der Waals surface area (Å²) in [7, 11) is 0. The van der Waals surface area contributed by atoms with Crippen LogP contribution >= 0.6 is 0 Å². The maximum atomic E-state index is 12.5. The normalized spacial score (nSPS) is 13.2. The Labute approximate surface area is 160 Å². The van der Waals surface area contributed by atoms with E-state index in [4.69, 9.17) is 4.98 Å². The third-order valence-corrected chi connectivity index (χ3v) is 5.37. The van der Waals surface area contributed by atoms with Gasteiger partial charge in [0, 0.05) is 34.3 Å². The predicted molar refractivity (Wildman–Crippen MR) is 110 cm³/mol. The van der Waals surface area contributed by atoms with E-state index in [9.17, 15) is 4.79 Å². The third kappa shape index (κ3) is 2.19. The maximum Gasteiger partial charge on any atom is 0.252 e. The average molecular weight is 364 g/mol. The van der Waals surface area contributed by atoms with Gasteiger partial charge in [0.15, 0.2) is 0 Å². The quantitative estimate of drug-likeness (QED) is 0.427. The number of rotatable bonds is 2. The summed E-state index contributed by atoms with van der Waals surface area (Å²) >= 11 is 0. The topological polar surface area (TPSA) is 73.6 Å². The maximum absolute atomic E-state index is 12.5. The Bertz CT molecular complexity index is 1330. The van der Waals surface area contributed by atoms with Crippen LogP contribution < -0.4 is 5.32 Å². The van der Waals surface area contributed by atoms with Crippen molar-refractivity contribution in [2.45, 2.75) is 6.54 Å². The Kier molecular flexibility index (Phi) is 3.03. The highest BCUT2D eigenvalue weighted by Gasteiger charge is 2.25. The number of hydrogen-bond acceptors (Lipinski definition) is 2. The molecule has 0 saturated carbocycles. The lowest BCUT2D eigenvalue weighted by atomic mass is 9.96. The lowest BCUT2D eigenvalue weighted by molar-refractivity contribution is 0.0966. The molecule has 0 saturated heterocycles. The van der Waals surface area contributed by atoms with Gasteiger partial charge in [0.2, 0.25) is 0 Å². The third-order valence-electron chi connectivity index (χ3n) is 5.37. The van der Waals surface area contributed by atoms with Crippen LogP contribution in [0.15, 0.2) is 66.7 Å². The molecule has 1 aliphatic rings. The van der Waals surface area contributed by atoms with Crippen molar-refractivity contribution in [1.29, 1.82) is 0 Å². The molecule has 0 radical (unpaired) electrons. The molecule has 5 aromatic rings. The zero-order valence-corrected chi connectivity index (χ0v) is 14.9. The number of aromatic amines is 2. The Hall–Kier alpha value is -3.86. The molecule has 0 atom stereocenters. The number of imidazole rings is 1. The molecule has 5 nitrogen and oxygen atoms in total. The zero-order valence-electron chi connectivity index (χ0n) is 14.9. The molecule has 1 aliphatic heterocycles. The highest BCUT2D eigenvalue weighted by Crippen LogP contribution is 2.35. The van der Waals surface area contributed by atoms with Gasteiger partial charge in [-0.05, 0) is 42.0 Å². The highest BCUT2D eigenvalue weighted by molar-refractivity contribution is 6.06. The van der Waals surface area contributed by atoms with Gasteiger partial charge in [0.1, 0.15) is 5.82 Å². The minimum Gasteiger partial charge on any atom is -0.355 e. The number of nitrogens with zero attached hydrogens (tertiary/aromatic N) is 1. The standard InChI is InChI=1S/C23H16N4O/c28-23-21-15(12-24-23)9-14(22-26-18-7-3-4-8-19(18)27-22)10-16(21)20-11-13-5-1-2-6-17(13)25-20/h1-11,25H,12H2,(H,24,28)(H,26,27). The van der Waals surface area contributed by atoms with Gasteiger partial charge in [-0.3, -0.25) is 4.79 Å². The van der Waals surface area contributed by atoms with Crippen LogP contribution in [0.4, 0.5) is 0 Å². The molecule has 28 heavy (non-hydrogen) atoms. The molecular weight excluding hydrogens is 348 g/mol. The van der Waals surface area contributed by atoms with Crippen LogP contribution in [0, 0.1) is 0 Å². The van der Waals surface area contributed by atoms with Gasteiger partial charge in [-0.1, -0.05) is 30.3 Å². The second-order valence-electron chi connectivity index (χ2n) is 7.11. The summed E-state index contributed by atoms with van der Waals surface area (Å²) in [5.41, 5.74) is 7.53. The van der Waals surface area contributed by atoms with E-state index in [-0.39, 0.29) is 5.91 Å². The van der Waals surface area contributed by atoms with Crippen LogP contribution in [-0.2, 0) is 6.54 Å². The number of amides is 1. The van der Waals surface area contributed by atoms with Gasteiger partial charge in [0.25, 0.3) is 5.91 Å². The van der Waals surface area contributed by atoms with E-state index in [1.54, 1.807) is 0 Å². The van der Waals surface area contributed by atoms with Crippen LogP contribution in [0.5, 0.6) is 0 Å². The molecule has 3 heterocycles. The van der Waals surface area contributed by atoms with Crippen LogP contribution in [0.25, 0.3) is 44.6 Å². The zero-order chi connectivity index (χ0) is 18.7. The molecule has 6 rings (SSSR count). The Morgan fingerprint density at radius 2 is 1.68 bits per heavy atom. The number of para-hydroxylation sites is 3. The molecule has 0 bridgehead atoms. The van der Waals surface area contributed by atoms with Gasteiger partial charge >= 0.3 is 0 Å². The predicted octanol–water partition coefficient (Wildman–Crippen LogP) is 4.62. The van der Waals surface area contributed by atoms with Gasteiger partial charge < -0.3 is 15.3 Å². The van der Waals surface area contributed by atoms with Crippen LogP contribution in [0.1, 0.15) is 15.9 Å². The second kappa shape index (κ2) is 5.57. The van der Waals surface area contributed by atoms with Crippen molar-refractivity contribution >= 4 is 27.8 Å². The lowest BCUT2D eigenvalue weighted by Crippen LogP contribution is -2.13. The fourth-order valence-electron chi connectivity index (χ4n) is 4.03. The Morgan fingerprint density at radius 3 is 2.54 bits per heavy atom. The molecule has 0 spiro atoms. The van der Waals surface area contributed by atoms with Gasteiger partial charge in [0.05, 0.1) is 16.6 Å². The molecule has 134 valence electrons. The van der Waals surface area contributed by atoms with Crippen molar-refractivity contribution < 1.29 is 4.79 Å². The van der Waals surface area contributed by atoms with Gasteiger partial charge in [-0.25, -0.2) is 4.98 Å². The van der Waals surface area contributed by atoms with E-state index in [0.29, 0.717) is 6.54 Å². The summed E-state index contributed by atoms with van der Waals surface area (Å²) in [6.07, 6.45) is 0. The lowest BCUT2D eigenvalue weighted by Gasteiger charge is -2.08. The van der Waals surface area contributed by atoms with Crippen molar-refractivity contribution in [2.24, 2.45) is 0 Å². The molecule has 1 amide bonds. The second-order valence-corrected chi connectivity index (χ2v) is 7.11. The molecule has 5 heteroatoms. The van der Waals surface area contributed by atoms with Crippen LogP contribution in [0.2, 0.25) is 0 Å². The van der Waals surface area contributed by atoms with Crippen LogP contribution in [-0.4, -0.2) is 20.9 Å². The fraction of sp³-hybridized carbons (Fsp3) is 0.0435. The van der Waals surface area contributed by atoms with Gasteiger partial charge in [-0.15, -0.1) is 0 Å². The van der Waals surface area contributed by atoms with E-state index < -0.39 is 0 Å². The van der Waals surface area contributed by atoms with Crippen molar-refractivity contribution in [3.63, 3.8) is 0 Å². The number of carbonyl (C=O) groups is 1. The van der Waals surface area contributed by atoms with E-state index in [1.807, 2.05) is 48.5 Å². The van der Waals surface area contributed by atoms with E-state index in [0.717, 1.165) is 55.7 Å². The Morgan fingerprint density at radius 1 is 0.857 bits per heavy atom. The first kappa shape index (κ1) is 15.2. The molecule has 0 fully saturated rings. The number of carbonyl (C=O) groups excluding carboxylic acids is 1. The SMILES string of the molecule is O=C1NCc2cc(-c3nc4ccccc4[nH]3)cc(-c3cc4ccccc4[nH]3)c21. The molecular formula is C23H16N4O. The summed E-state index contributed by atoms with van der Waals surface area (Å²) in [5, 5.41) is 4.07. The minimum absolute atomic E-state index is 0.0280. The first-order valence-corrected chi connectivity index (χ1v) is 9.25. The fourth-order valence-corrected chi connectivity index (χ4v) is 4.03. The highest BCUT2D eigenvalue weighted by atomic mass is 16.1. The first-order chi connectivity index (χ1) is 13.8. The molecule has 2 aromatic heterocycles. The minimum atomic E-state index is -0.0280. The molecule has 0 aliphatic carbocycles. The number of H-pyrrole nitrogens is 2. The van der Waals surface area contributed by atoms with Crippen molar-refractivity contribution in [3.8, 4) is 22.6 Å². The number of fused-ring (bicyclic) bond motifs is 3. The van der Waals surface area contributed by atoms with Crippen molar-refractivity contribution in [3.05, 3.63) is 77.9 Å². The number of hydrogen-bond donors (Lipinski definition) is 3. The van der Waals surface area contributed by atoms with E-state index in [2.05, 4.69) is 33.5 Å². The molecule has 3 N–H and O–H groups in total. The van der Waals surface area contributed by atoms with E-state index >= 15 is 0 Å². The summed E-state index contributed by atoms with van der Waals surface area (Å²) < 4.78 is 0. The first-order valence-electron chi connectivity index (χ1n) is 9.25. The summed E-state index contributed by atoms with van der Waals surface area (Å²) in [5.74, 6) is 0.778. The van der Waals surface area contributed by atoms with Crippen molar-refractivity contribution in [2.75, 3.05) is 0 Å². The van der Waals surface area contributed by atoms with Gasteiger partial charge in [-0.2, -0.15) is 0 Å². The Balaban J connectivity index is 1.60. The summed E-state index contributed by atoms with van der Waals surface area (Å²) in [6.45, 7) is 0.537. The van der Waals surface area contributed by atoms with E-state index in [1.165, 1.54) is 0 Å². The number of aromatic nitrogens is 3.